The van der Waals surface area contributed by atoms with Crippen molar-refractivity contribution < 1.29 is 4.79 Å². The lowest BCUT2D eigenvalue weighted by Gasteiger charge is -2.44. The number of nitrogens with one attached hydrogen (secondary N) is 1. The van der Waals surface area contributed by atoms with Crippen molar-refractivity contribution in [2.24, 2.45) is 5.92 Å². The Morgan fingerprint density at radius 2 is 1.93 bits per heavy atom. The summed E-state index contributed by atoms with van der Waals surface area (Å²) in [6, 6.07) is 10.3. The Bertz CT molecular complexity index is 862. The quantitative estimate of drug-likeness (QED) is 0.864. The van der Waals surface area contributed by atoms with Crippen LogP contribution in [0.1, 0.15) is 32.1 Å². The molecule has 2 saturated heterocycles. The molecule has 2 fully saturated rings. The van der Waals surface area contributed by atoms with Crippen LogP contribution in [0.4, 0.5) is 0 Å². The van der Waals surface area contributed by atoms with Crippen molar-refractivity contribution in [2.45, 2.75) is 44.7 Å². The molecule has 148 valence electrons. The predicted octanol–water partition coefficient (Wildman–Crippen LogP) is 2.29. The highest BCUT2D eigenvalue weighted by Gasteiger charge is 2.32. The summed E-state index contributed by atoms with van der Waals surface area (Å²) in [5.41, 5.74) is 1.36. The summed E-state index contributed by atoms with van der Waals surface area (Å²) in [6.45, 7) is 3.13. The maximum atomic E-state index is 12.5. The van der Waals surface area contributed by atoms with Gasteiger partial charge < -0.3 is 14.8 Å². The van der Waals surface area contributed by atoms with Gasteiger partial charge >= 0.3 is 0 Å². The van der Waals surface area contributed by atoms with Crippen molar-refractivity contribution in [1.29, 1.82) is 0 Å². The van der Waals surface area contributed by atoms with Gasteiger partial charge in [0.05, 0.1) is 11.9 Å². The number of fused-ring (bicyclic) bond motifs is 1. The average molecular weight is 380 g/mol. The number of carbonyl (C=O) groups is 1. The summed E-state index contributed by atoms with van der Waals surface area (Å²) in [5.74, 6) is 0.410. The van der Waals surface area contributed by atoms with E-state index in [9.17, 15) is 9.59 Å². The Kier molecular flexibility index (Phi) is 5.86. The first-order valence-corrected chi connectivity index (χ1v) is 10.3. The summed E-state index contributed by atoms with van der Waals surface area (Å²) in [5, 5.41) is 3.07. The Morgan fingerprint density at radius 1 is 1.11 bits per heavy atom. The van der Waals surface area contributed by atoms with Gasteiger partial charge in [-0.1, -0.05) is 36.8 Å². The monoisotopic (exact) mass is 380 g/mol. The highest BCUT2D eigenvalue weighted by atomic mass is 16.2. The third-order valence-corrected chi connectivity index (χ3v) is 6.05. The normalized spacial score (nSPS) is 22.4. The van der Waals surface area contributed by atoms with E-state index in [1.807, 2.05) is 30.3 Å². The fourth-order valence-corrected chi connectivity index (χ4v) is 4.60. The van der Waals surface area contributed by atoms with E-state index in [4.69, 9.17) is 0 Å². The van der Waals surface area contributed by atoms with Gasteiger partial charge in [0.15, 0.2) is 0 Å². The molecule has 1 N–H and O–H groups in total. The maximum absolute atomic E-state index is 12.5. The first-order chi connectivity index (χ1) is 13.7. The molecule has 2 aliphatic rings. The topological polar surface area (TPSA) is 67.2 Å². The minimum Gasteiger partial charge on any atom is -0.354 e. The van der Waals surface area contributed by atoms with Gasteiger partial charge in [0, 0.05) is 24.3 Å². The molecule has 2 aromatic rings. The smallest absolute Gasteiger partial charge is 0.269 e. The average Bonchev–Trinajstić information content (AvgIpc) is 2.74. The van der Waals surface area contributed by atoms with E-state index >= 15 is 0 Å². The van der Waals surface area contributed by atoms with Gasteiger partial charge in [-0.3, -0.25) is 9.59 Å². The predicted molar refractivity (Wildman–Crippen MR) is 109 cm³/mol. The fourth-order valence-electron chi connectivity index (χ4n) is 4.60. The molecule has 1 amide bonds. The molecule has 6 heteroatoms. The lowest BCUT2D eigenvalue weighted by molar-refractivity contribution is -0.122. The Hall–Kier alpha value is -2.47. The van der Waals surface area contributed by atoms with Crippen LogP contribution in [0.15, 0.2) is 47.5 Å². The van der Waals surface area contributed by atoms with Crippen molar-refractivity contribution >= 4 is 5.91 Å². The second kappa shape index (κ2) is 8.69. The molecule has 0 radical (unpaired) electrons. The van der Waals surface area contributed by atoms with Crippen LogP contribution >= 0.6 is 0 Å². The van der Waals surface area contributed by atoms with Crippen molar-refractivity contribution in [3.8, 4) is 11.3 Å². The van der Waals surface area contributed by atoms with Crippen LogP contribution in [0.3, 0.4) is 0 Å². The molecular formula is C22H28N4O2. The van der Waals surface area contributed by atoms with Gasteiger partial charge in [0.1, 0.15) is 6.54 Å². The molecule has 0 spiro atoms. The molecule has 0 aliphatic carbocycles. The van der Waals surface area contributed by atoms with Gasteiger partial charge in [0.2, 0.25) is 5.91 Å². The van der Waals surface area contributed by atoms with Crippen LogP contribution in [0, 0.1) is 5.92 Å². The molecule has 1 aromatic carbocycles. The number of aromatic nitrogens is 2. The summed E-state index contributed by atoms with van der Waals surface area (Å²) >= 11 is 0. The van der Waals surface area contributed by atoms with Gasteiger partial charge in [0.25, 0.3) is 5.56 Å². The van der Waals surface area contributed by atoms with Crippen molar-refractivity contribution in [3.63, 3.8) is 0 Å². The van der Waals surface area contributed by atoms with E-state index in [-0.39, 0.29) is 18.0 Å². The van der Waals surface area contributed by atoms with Gasteiger partial charge in [-0.25, -0.2) is 4.98 Å². The summed E-state index contributed by atoms with van der Waals surface area (Å²) in [6.07, 6.45) is 9.17. The molecule has 0 saturated carbocycles. The minimum atomic E-state index is -0.258. The highest BCUT2D eigenvalue weighted by molar-refractivity contribution is 5.75. The molecular weight excluding hydrogens is 352 g/mol. The third-order valence-electron chi connectivity index (χ3n) is 6.05. The van der Waals surface area contributed by atoms with Crippen LogP contribution in [-0.2, 0) is 11.3 Å². The summed E-state index contributed by atoms with van der Waals surface area (Å²) in [4.78, 5) is 31.5. The van der Waals surface area contributed by atoms with Gasteiger partial charge in [-0.05, 0) is 44.7 Å². The molecule has 2 aliphatic heterocycles. The van der Waals surface area contributed by atoms with Crippen molar-refractivity contribution in [3.05, 3.63) is 53.1 Å². The number of nitrogens with zero attached hydrogens (tertiary/aromatic N) is 3. The maximum Gasteiger partial charge on any atom is 0.269 e. The largest absolute Gasteiger partial charge is 0.354 e. The summed E-state index contributed by atoms with van der Waals surface area (Å²) < 4.78 is 1.44. The molecule has 0 bridgehead atoms. The second-order valence-corrected chi connectivity index (χ2v) is 7.91. The molecule has 28 heavy (non-hydrogen) atoms. The van der Waals surface area contributed by atoms with Crippen molar-refractivity contribution in [2.75, 3.05) is 19.6 Å². The zero-order chi connectivity index (χ0) is 19.3. The lowest BCUT2D eigenvalue weighted by atomic mass is 9.83. The number of rotatable bonds is 5. The van der Waals surface area contributed by atoms with Gasteiger partial charge in [-0.2, -0.15) is 0 Å². The van der Waals surface area contributed by atoms with E-state index in [1.165, 1.54) is 56.0 Å². The number of hydrogen-bond acceptors (Lipinski definition) is 4. The van der Waals surface area contributed by atoms with Gasteiger partial charge in [-0.15, -0.1) is 0 Å². The second-order valence-electron chi connectivity index (χ2n) is 7.91. The molecule has 6 nitrogen and oxygen atoms in total. The van der Waals surface area contributed by atoms with E-state index < -0.39 is 0 Å². The number of benzene rings is 1. The van der Waals surface area contributed by atoms with Crippen LogP contribution in [0.2, 0.25) is 0 Å². The Balaban J connectivity index is 1.38. The Morgan fingerprint density at radius 3 is 2.79 bits per heavy atom. The van der Waals surface area contributed by atoms with Crippen molar-refractivity contribution in [1.82, 2.24) is 19.8 Å². The first-order valence-electron chi connectivity index (χ1n) is 10.3. The van der Waals surface area contributed by atoms with Crippen LogP contribution < -0.4 is 10.9 Å². The minimum absolute atomic E-state index is 0.0300. The van der Waals surface area contributed by atoms with Crippen LogP contribution in [0.25, 0.3) is 11.3 Å². The number of piperidine rings is 2. The molecule has 4 rings (SSSR count). The first kappa shape index (κ1) is 18.9. The lowest BCUT2D eigenvalue weighted by Crippen LogP contribution is -2.51. The zero-order valence-electron chi connectivity index (χ0n) is 16.2. The molecule has 2 atom stereocenters. The third kappa shape index (κ3) is 4.33. The molecule has 0 unspecified atom stereocenters. The van der Waals surface area contributed by atoms with E-state index in [0.717, 1.165) is 5.56 Å². The van der Waals surface area contributed by atoms with Crippen LogP contribution in [0.5, 0.6) is 0 Å². The molecule has 1 aromatic heterocycles. The van der Waals surface area contributed by atoms with E-state index in [0.29, 0.717) is 24.2 Å². The SMILES string of the molecule is O=C(Cn1cc(-c2ccccc2)ncc1=O)NC[C@@H]1CCCN2CCCC[C@H]12. The van der Waals surface area contributed by atoms with E-state index in [1.54, 1.807) is 6.20 Å². The number of amides is 1. The molecule has 3 heterocycles. The number of hydrogen-bond donors (Lipinski definition) is 1. The van der Waals surface area contributed by atoms with E-state index in [2.05, 4.69) is 15.2 Å². The summed E-state index contributed by atoms with van der Waals surface area (Å²) in [7, 11) is 0. The zero-order valence-corrected chi connectivity index (χ0v) is 16.2. The fraction of sp³-hybridized carbons (Fsp3) is 0.500. The standard InChI is InChI=1S/C22H28N4O2/c27-21(24-13-18-9-6-12-25-11-5-4-10-20(18)25)16-26-15-19(23-14-22(26)28)17-7-2-1-3-8-17/h1-3,7-8,14-15,18,20H,4-6,9-13,16H2,(H,24,27)/t18-,20+/m0/s1. The highest BCUT2D eigenvalue weighted by Crippen LogP contribution is 2.30. The van der Waals surface area contributed by atoms with Crippen LogP contribution in [-0.4, -0.2) is 46.0 Å². The number of carbonyl (C=O) groups excluding carboxylic acids is 1. The Labute approximate surface area is 165 Å².